The number of halogens is 1. The van der Waals surface area contributed by atoms with Crippen LogP contribution in [0.3, 0.4) is 0 Å². The Hall–Kier alpha value is -0.380. The molecule has 72 valence electrons. The number of aryl methyl sites for hydroxylation is 1. The van der Waals surface area contributed by atoms with E-state index in [1.54, 1.807) is 0 Å². The van der Waals surface area contributed by atoms with E-state index < -0.39 is 6.10 Å². The number of benzene rings is 1. The molecule has 2 N–H and O–H groups in total. The lowest BCUT2D eigenvalue weighted by Gasteiger charge is -2.06. The molecule has 2 nitrogen and oxygen atoms in total. The molecule has 0 saturated carbocycles. The minimum atomic E-state index is -0.598. The molecule has 1 aromatic rings. The van der Waals surface area contributed by atoms with Gasteiger partial charge in [-0.1, -0.05) is 28.1 Å². The molecule has 0 saturated heterocycles. The summed E-state index contributed by atoms with van der Waals surface area (Å²) in [4.78, 5) is 0. The van der Waals surface area contributed by atoms with Gasteiger partial charge in [0.2, 0.25) is 0 Å². The summed E-state index contributed by atoms with van der Waals surface area (Å²) in [5, 5.41) is 17.7. The van der Waals surface area contributed by atoms with Crippen molar-refractivity contribution < 1.29 is 10.2 Å². The molecule has 0 aliphatic carbocycles. The van der Waals surface area contributed by atoms with Gasteiger partial charge in [-0.05, 0) is 30.5 Å². The minimum Gasteiger partial charge on any atom is -0.394 e. The van der Waals surface area contributed by atoms with E-state index in [0.29, 0.717) is 6.42 Å². The lowest BCUT2D eigenvalue weighted by atomic mass is 10.1. The van der Waals surface area contributed by atoms with Gasteiger partial charge in [0, 0.05) is 4.47 Å². The van der Waals surface area contributed by atoms with Gasteiger partial charge in [-0.25, -0.2) is 0 Å². The van der Waals surface area contributed by atoms with Crippen LogP contribution >= 0.6 is 15.9 Å². The topological polar surface area (TPSA) is 40.5 Å². The van der Waals surface area contributed by atoms with Crippen molar-refractivity contribution in [2.75, 3.05) is 6.61 Å². The number of aliphatic hydroxyl groups is 2. The Kier molecular flexibility index (Phi) is 4.42. The quantitative estimate of drug-likeness (QED) is 0.848. The molecule has 0 aliphatic heterocycles. The van der Waals surface area contributed by atoms with Crippen LogP contribution in [0.15, 0.2) is 28.7 Å². The average Bonchev–Trinajstić information content (AvgIpc) is 2.14. The van der Waals surface area contributed by atoms with Gasteiger partial charge in [0.25, 0.3) is 0 Å². The molecule has 3 heteroatoms. The molecule has 0 aromatic heterocycles. The highest BCUT2D eigenvalue weighted by atomic mass is 79.9. The van der Waals surface area contributed by atoms with Crippen molar-refractivity contribution in [3.63, 3.8) is 0 Å². The fourth-order valence-electron chi connectivity index (χ4n) is 1.12. The first-order chi connectivity index (χ1) is 6.22. The lowest BCUT2D eigenvalue weighted by Crippen LogP contribution is -2.12. The summed E-state index contributed by atoms with van der Waals surface area (Å²) in [6, 6.07) is 7.95. The third kappa shape index (κ3) is 3.89. The van der Waals surface area contributed by atoms with Crippen LogP contribution in [0, 0.1) is 0 Å². The third-order valence-electron chi connectivity index (χ3n) is 1.87. The van der Waals surface area contributed by atoms with Gasteiger partial charge in [-0.15, -0.1) is 0 Å². The van der Waals surface area contributed by atoms with Crippen LogP contribution in [0.25, 0.3) is 0 Å². The van der Waals surface area contributed by atoms with E-state index in [1.165, 1.54) is 5.56 Å². The van der Waals surface area contributed by atoms with E-state index in [9.17, 15) is 0 Å². The highest BCUT2D eigenvalue weighted by Crippen LogP contribution is 2.13. The molecule has 0 radical (unpaired) electrons. The highest BCUT2D eigenvalue weighted by molar-refractivity contribution is 9.10. The van der Waals surface area contributed by atoms with Gasteiger partial charge >= 0.3 is 0 Å². The highest BCUT2D eigenvalue weighted by Gasteiger charge is 2.02. The van der Waals surface area contributed by atoms with Crippen molar-refractivity contribution in [1.82, 2.24) is 0 Å². The van der Waals surface area contributed by atoms with Crippen molar-refractivity contribution in [1.29, 1.82) is 0 Å². The van der Waals surface area contributed by atoms with E-state index in [0.717, 1.165) is 10.9 Å². The number of rotatable bonds is 4. The summed E-state index contributed by atoms with van der Waals surface area (Å²) in [6.07, 6.45) is 0.799. The largest absolute Gasteiger partial charge is 0.394 e. The summed E-state index contributed by atoms with van der Waals surface area (Å²) in [7, 11) is 0. The number of hydrogen-bond donors (Lipinski definition) is 2. The smallest absolute Gasteiger partial charge is 0.0774 e. The van der Waals surface area contributed by atoms with Crippen molar-refractivity contribution >= 4 is 15.9 Å². The Morgan fingerprint density at radius 3 is 2.77 bits per heavy atom. The average molecular weight is 245 g/mol. The van der Waals surface area contributed by atoms with Gasteiger partial charge in [0.1, 0.15) is 0 Å². The standard InChI is InChI=1S/C10H13BrO2/c11-9-3-1-2-8(6-9)4-5-10(13)7-12/h1-3,6,10,12-13H,4-5,7H2. The maximum absolute atomic E-state index is 9.13. The number of hydrogen-bond acceptors (Lipinski definition) is 2. The van der Waals surface area contributed by atoms with Gasteiger partial charge in [0.05, 0.1) is 12.7 Å². The van der Waals surface area contributed by atoms with Crippen LogP contribution in [-0.2, 0) is 6.42 Å². The molecule has 1 atom stereocenters. The second kappa shape index (κ2) is 5.37. The fourth-order valence-corrected chi connectivity index (χ4v) is 1.56. The van der Waals surface area contributed by atoms with E-state index in [-0.39, 0.29) is 6.61 Å². The molecule has 0 aliphatic rings. The molecule has 0 spiro atoms. The zero-order valence-corrected chi connectivity index (χ0v) is 8.87. The Morgan fingerprint density at radius 1 is 1.38 bits per heavy atom. The van der Waals surface area contributed by atoms with Gasteiger partial charge in [-0.2, -0.15) is 0 Å². The SMILES string of the molecule is OCC(O)CCc1cccc(Br)c1. The van der Waals surface area contributed by atoms with Crippen LogP contribution in [0.1, 0.15) is 12.0 Å². The maximum Gasteiger partial charge on any atom is 0.0774 e. The predicted octanol–water partition coefficient (Wildman–Crippen LogP) is 1.73. The van der Waals surface area contributed by atoms with Crippen molar-refractivity contribution in [2.45, 2.75) is 18.9 Å². The first-order valence-electron chi connectivity index (χ1n) is 4.25. The molecule has 0 fully saturated rings. The Bertz CT molecular complexity index is 263. The van der Waals surface area contributed by atoms with Crippen LogP contribution in [0.4, 0.5) is 0 Å². The van der Waals surface area contributed by atoms with Gasteiger partial charge < -0.3 is 10.2 Å². The first-order valence-corrected chi connectivity index (χ1v) is 5.05. The molecule has 1 aromatic carbocycles. The maximum atomic E-state index is 9.13. The number of aliphatic hydroxyl groups excluding tert-OH is 2. The zero-order chi connectivity index (χ0) is 9.68. The Balaban J connectivity index is 2.45. The predicted molar refractivity (Wildman–Crippen MR) is 55.6 cm³/mol. The zero-order valence-electron chi connectivity index (χ0n) is 7.28. The van der Waals surface area contributed by atoms with Crippen molar-refractivity contribution in [2.24, 2.45) is 0 Å². The molecular weight excluding hydrogens is 232 g/mol. The summed E-state index contributed by atoms with van der Waals surface area (Å²) in [5.41, 5.74) is 1.17. The Morgan fingerprint density at radius 2 is 2.15 bits per heavy atom. The summed E-state index contributed by atoms with van der Waals surface area (Å²) in [6.45, 7) is -0.159. The second-order valence-electron chi connectivity index (χ2n) is 3.00. The first kappa shape index (κ1) is 10.7. The molecule has 0 heterocycles. The second-order valence-corrected chi connectivity index (χ2v) is 3.92. The van der Waals surface area contributed by atoms with E-state index >= 15 is 0 Å². The summed E-state index contributed by atoms with van der Waals surface area (Å²) in [5.74, 6) is 0. The molecular formula is C10H13BrO2. The van der Waals surface area contributed by atoms with E-state index in [1.807, 2.05) is 24.3 Å². The minimum absolute atomic E-state index is 0.159. The third-order valence-corrected chi connectivity index (χ3v) is 2.36. The monoisotopic (exact) mass is 244 g/mol. The van der Waals surface area contributed by atoms with Crippen molar-refractivity contribution in [3.05, 3.63) is 34.3 Å². The molecule has 0 amide bonds. The normalized spacial score (nSPS) is 12.8. The van der Waals surface area contributed by atoms with Crippen LogP contribution in [-0.4, -0.2) is 22.9 Å². The van der Waals surface area contributed by atoms with Gasteiger partial charge in [-0.3, -0.25) is 0 Å². The van der Waals surface area contributed by atoms with E-state index in [4.69, 9.17) is 10.2 Å². The molecule has 0 bridgehead atoms. The van der Waals surface area contributed by atoms with Crippen LogP contribution < -0.4 is 0 Å². The molecule has 13 heavy (non-hydrogen) atoms. The van der Waals surface area contributed by atoms with Crippen LogP contribution in [0.5, 0.6) is 0 Å². The lowest BCUT2D eigenvalue weighted by molar-refractivity contribution is 0.0886. The fraction of sp³-hybridized carbons (Fsp3) is 0.400. The van der Waals surface area contributed by atoms with Crippen molar-refractivity contribution in [3.8, 4) is 0 Å². The van der Waals surface area contributed by atoms with Gasteiger partial charge in [0.15, 0.2) is 0 Å². The summed E-state index contributed by atoms with van der Waals surface area (Å²) < 4.78 is 1.04. The Labute approximate surface area is 86.3 Å². The summed E-state index contributed by atoms with van der Waals surface area (Å²) >= 11 is 3.37. The van der Waals surface area contributed by atoms with E-state index in [2.05, 4.69) is 15.9 Å². The molecule has 1 unspecified atom stereocenters. The van der Waals surface area contributed by atoms with Crippen LogP contribution in [0.2, 0.25) is 0 Å². The molecule has 1 rings (SSSR count).